The second-order valence-electron chi connectivity index (χ2n) is 7.17. The van der Waals surface area contributed by atoms with Crippen molar-refractivity contribution in [3.8, 4) is 11.5 Å². The predicted molar refractivity (Wildman–Crippen MR) is 113 cm³/mol. The molecule has 0 aliphatic carbocycles. The summed E-state index contributed by atoms with van der Waals surface area (Å²) >= 11 is 0. The predicted octanol–water partition coefficient (Wildman–Crippen LogP) is 1.36. The van der Waals surface area contributed by atoms with Gasteiger partial charge in [-0.25, -0.2) is 18.4 Å². The third kappa shape index (κ3) is 4.01. The van der Waals surface area contributed by atoms with Gasteiger partial charge in [-0.2, -0.15) is 4.31 Å². The van der Waals surface area contributed by atoms with Gasteiger partial charge in [0.1, 0.15) is 11.5 Å². The monoisotopic (exact) mass is 442 g/mol. The Kier molecular flexibility index (Phi) is 5.46. The van der Waals surface area contributed by atoms with E-state index >= 15 is 0 Å². The molecule has 0 atom stereocenters. The summed E-state index contributed by atoms with van der Waals surface area (Å²) in [7, 11) is -3.86. The van der Waals surface area contributed by atoms with Crippen molar-refractivity contribution in [3.63, 3.8) is 0 Å². The molecule has 0 spiro atoms. The van der Waals surface area contributed by atoms with Crippen molar-refractivity contribution in [3.05, 3.63) is 53.5 Å². The number of hydrogen-bond acceptors (Lipinski definition) is 8. The second-order valence-corrected chi connectivity index (χ2v) is 9.04. The number of primary amides is 1. The van der Waals surface area contributed by atoms with Gasteiger partial charge in [0.15, 0.2) is 11.6 Å². The number of pyridine rings is 1. The van der Waals surface area contributed by atoms with Gasteiger partial charge in [-0.3, -0.25) is 9.78 Å². The highest BCUT2D eigenvalue weighted by Crippen LogP contribution is 2.26. The maximum Gasteiger partial charge on any atom is 0.284 e. The standard InChI is InChI=1S/C20H22N6O4S/c1-13-14(2)23-19(15-5-3-4-8-22-15)24-20(13)25-9-11-26(12-10-25)31(28,29)17-7-6-16(30-17)18(21)27/h3-8H,9-12H2,1-2H3,(H2,21,27). The topological polar surface area (TPSA) is 136 Å². The third-order valence-corrected chi connectivity index (χ3v) is 6.99. The zero-order valence-corrected chi connectivity index (χ0v) is 18.0. The molecule has 10 nitrogen and oxygen atoms in total. The average Bonchev–Trinajstić information content (AvgIpc) is 3.28. The van der Waals surface area contributed by atoms with Crippen LogP contribution in [0.2, 0.25) is 0 Å². The van der Waals surface area contributed by atoms with E-state index in [0.29, 0.717) is 24.6 Å². The van der Waals surface area contributed by atoms with E-state index in [9.17, 15) is 13.2 Å². The summed E-state index contributed by atoms with van der Waals surface area (Å²) in [5.74, 6) is 0.290. The summed E-state index contributed by atoms with van der Waals surface area (Å²) in [5, 5.41) is -0.291. The molecule has 4 rings (SSSR count). The molecular formula is C20H22N6O4S. The fourth-order valence-corrected chi connectivity index (χ4v) is 4.72. The van der Waals surface area contributed by atoms with Crippen molar-refractivity contribution < 1.29 is 17.6 Å². The lowest BCUT2D eigenvalue weighted by Gasteiger charge is -2.35. The number of hydrogen-bond donors (Lipinski definition) is 1. The fourth-order valence-electron chi connectivity index (χ4n) is 3.39. The lowest BCUT2D eigenvalue weighted by Crippen LogP contribution is -2.49. The number of anilines is 1. The molecule has 1 amide bonds. The van der Waals surface area contributed by atoms with Crippen LogP contribution in [0.1, 0.15) is 21.8 Å². The van der Waals surface area contributed by atoms with Crippen LogP contribution < -0.4 is 10.6 Å². The molecule has 1 aliphatic rings. The number of sulfonamides is 1. The first-order valence-corrected chi connectivity index (χ1v) is 11.1. The highest BCUT2D eigenvalue weighted by molar-refractivity contribution is 7.89. The first kappa shape index (κ1) is 20.9. The van der Waals surface area contributed by atoms with Crippen molar-refractivity contribution in [1.29, 1.82) is 0 Å². The van der Waals surface area contributed by atoms with Crippen LogP contribution in [0.15, 0.2) is 46.0 Å². The van der Waals surface area contributed by atoms with E-state index in [1.807, 2.05) is 36.9 Å². The van der Waals surface area contributed by atoms with Gasteiger partial charge in [0.25, 0.3) is 15.9 Å². The molecule has 2 N–H and O–H groups in total. The van der Waals surface area contributed by atoms with Gasteiger partial charge in [0, 0.05) is 43.6 Å². The molecular weight excluding hydrogens is 420 g/mol. The Morgan fingerprint density at radius 2 is 1.81 bits per heavy atom. The van der Waals surface area contributed by atoms with Gasteiger partial charge >= 0.3 is 0 Å². The maximum atomic E-state index is 12.9. The molecule has 4 heterocycles. The van der Waals surface area contributed by atoms with Crippen molar-refractivity contribution in [2.45, 2.75) is 18.9 Å². The van der Waals surface area contributed by atoms with E-state index in [1.165, 1.54) is 16.4 Å². The summed E-state index contributed by atoms with van der Waals surface area (Å²) in [5.41, 5.74) is 7.61. The number of rotatable bonds is 5. The Hall–Kier alpha value is -3.31. The lowest BCUT2D eigenvalue weighted by molar-refractivity contribution is 0.0968. The molecule has 0 unspecified atom stereocenters. The summed E-state index contributed by atoms with van der Waals surface area (Å²) in [4.78, 5) is 26.8. The first-order valence-electron chi connectivity index (χ1n) is 9.69. The van der Waals surface area contributed by atoms with E-state index in [-0.39, 0.29) is 23.9 Å². The maximum absolute atomic E-state index is 12.9. The van der Waals surface area contributed by atoms with Gasteiger partial charge in [-0.1, -0.05) is 6.07 Å². The van der Waals surface area contributed by atoms with Gasteiger partial charge in [-0.05, 0) is 38.1 Å². The molecule has 1 aliphatic heterocycles. The van der Waals surface area contributed by atoms with Crippen LogP contribution in [0.4, 0.5) is 5.82 Å². The fraction of sp³-hybridized carbons (Fsp3) is 0.300. The summed E-state index contributed by atoms with van der Waals surface area (Å²) in [6.07, 6.45) is 1.69. The van der Waals surface area contributed by atoms with E-state index < -0.39 is 15.9 Å². The van der Waals surface area contributed by atoms with Crippen LogP contribution in [0.25, 0.3) is 11.5 Å². The van der Waals surface area contributed by atoms with Gasteiger partial charge < -0.3 is 15.1 Å². The van der Waals surface area contributed by atoms with Crippen LogP contribution in [-0.2, 0) is 10.0 Å². The number of amides is 1. The highest BCUT2D eigenvalue weighted by Gasteiger charge is 2.32. The Bertz CT molecular complexity index is 1220. The molecule has 3 aromatic rings. The van der Waals surface area contributed by atoms with E-state index in [4.69, 9.17) is 15.1 Å². The number of piperazine rings is 1. The number of aryl methyl sites for hydroxylation is 1. The zero-order chi connectivity index (χ0) is 22.2. The van der Waals surface area contributed by atoms with Crippen LogP contribution in [0.3, 0.4) is 0 Å². The van der Waals surface area contributed by atoms with Gasteiger partial charge in [-0.15, -0.1) is 0 Å². The summed E-state index contributed by atoms with van der Waals surface area (Å²) in [6, 6.07) is 8.07. The molecule has 0 saturated carbocycles. The first-order chi connectivity index (χ1) is 14.8. The SMILES string of the molecule is Cc1nc(-c2ccccn2)nc(N2CCN(S(=O)(=O)c3ccc(C(N)=O)o3)CC2)c1C. The van der Waals surface area contributed by atoms with Crippen LogP contribution in [0, 0.1) is 13.8 Å². The molecule has 0 radical (unpaired) electrons. The number of nitrogens with zero attached hydrogens (tertiary/aromatic N) is 5. The minimum atomic E-state index is -3.86. The van der Waals surface area contributed by atoms with E-state index in [1.54, 1.807) is 6.20 Å². The number of furan rings is 1. The smallest absolute Gasteiger partial charge is 0.284 e. The second kappa shape index (κ2) is 8.08. The Balaban J connectivity index is 1.55. The molecule has 1 saturated heterocycles. The van der Waals surface area contributed by atoms with Crippen LogP contribution in [-0.4, -0.2) is 59.8 Å². The Labute approximate surface area is 179 Å². The zero-order valence-electron chi connectivity index (χ0n) is 17.1. The molecule has 11 heteroatoms. The normalized spacial score (nSPS) is 15.2. The molecule has 162 valence electrons. The van der Waals surface area contributed by atoms with Crippen molar-refractivity contribution in [2.75, 3.05) is 31.1 Å². The third-order valence-electron chi connectivity index (χ3n) is 5.21. The van der Waals surface area contributed by atoms with Crippen LogP contribution >= 0.6 is 0 Å². The quantitative estimate of drug-likeness (QED) is 0.626. The van der Waals surface area contributed by atoms with E-state index in [0.717, 1.165) is 17.1 Å². The highest BCUT2D eigenvalue weighted by atomic mass is 32.2. The van der Waals surface area contributed by atoms with Crippen molar-refractivity contribution in [1.82, 2.24) is 19.3 Å². The Morgan fingerprint density at radius 1 is 1.06 bits per heavy atom. The summed E-state index contributed by atoms with van der Waals surface area (Å²) < 4.78 is 32.2. The van der Waals surface area contributed by atoms with Crippen molar-refractivity contribution in [2.24, 2.45) is 5.73 Å². The number of nitrogens with two attached hydrogens (primary N) is 1. The summed E-state index contributed by atoms with van der Waals surface area (Å²) in [6.45, 7) is 5.25. The average molecular weight is 443 g/mol. The molecule has 1 fully saturated rings. The Morgan fingerprint density at radius 3 is 2.42 bits per heavy atom. The van der Waals surface area contributed by atoms with Gasteiger partial charge in [0.2, 0.25) is 5.09 Å². The van der Waals surface area contributed by atoms with Gasteiger partial charge in [0.05, 0.1) is 0 Å². The minimum absolute atomic E-state index is 0.189. The molecule has 3 aromatic heterocycles. The number of carbonyl (C=O) groups excluding carboxylic acids is 1. The largest absolute Gasteiger partial charge is 0.438 e. The van der Waals surface area contributed by atoms with Crippen molar-refractivity contribution >= 4 is 21.7 Å². The van der Waals surface area contributed by atoms with Crippen LogP contribution in [0.5, 0.6) is 0 Å². The minimum Gasteiger partial charge on any atom is -0.438 e. The molecule has 0 bridgehead atoms. The number of aromatic nitrogens is 3. The molecule has 31 heavy (non-hydrogen) atoms. The molecule has 0 aromatic carbocycles. The van der Waals surface area contributed by atoms with E-state index in [2.05, 4.69) is 9.97 Å². The lowest BCUT2D eigenvalue weighted by atomic mass is 10.2. The number of carbonyl (C=O) groups is 1.